The Hall–Kier alpha value is -2.81. The molecule has 0 spiro atoms. The predicted molar refractivity (Wildman–Crippen MR) is 97.0 cm³/mol. The minimum absolute atomic E-state index is 0.0243. The zero-order valence-corrected chi connectivity index (χ0v) is 15.2. The molecule has 1 aromatic carbocycles. The lowest BCUT2D eigenvalue weighted by Crippen LogP contribution is -2.08. The summed E-state index contributed by atoms with van der Waals surface area (Å²) >= 11 is 0.783. The molecule has 3 rings (SSSR count). The first-order valence-corrected chi connectivity index (χ1v) is 8.69. The van der Waals surface area contributed by atoms with E-state index in [2.05, 4.69) is 4.98 Å². The quantitative estimate of drug-likeness (QED) is 0.644. The van der Waals surface area contributed by atoms with Crippen LogP contribution in [0.1, 0.15) is 22.2 Å². The molecule has 0 aliphatic carbocycles. The van der Waals surface area contributed by atoms with E-state index in [1.54, 1.807) is 31.2 Å². The van der Waals surface area contributed by atoms with Crippen molar-refractivity contribution in [3.05, 3.63) is 40.8 Å². The third-order valence-corrected chi connectivity index (χ3v) is 4.93. The number of carbonyl (C=O) groups excluding carboxylic acids is 1. The maximum absolute atomic E-state index is 13.7. The lowest BCUT2D eigenvalue weighted by atomic mass is 10.1. The lowest BCUT2D eigenvalue weighted by molar-refractivity contribution is -0.136. The van der Waals surface area contributed by atoms with Gasteiger partial charge in [0.1, 0.15) is 15.5 Å². The molecule has 0 fully saturated rings. The molecule has 0 atom stereocenters. The van der Waals surface area contributed by atoms with Crippen LogP contribution in [0.4, 0.5) is 18.9 Å². The number of esters is 1. The second-order valence-corrected chi connectivity index (χ2v) is 6.53. The molecule has 2 aromatic heterocycles. The van der Waals surface area contributed by atoms with Gasteiger partial charge in [0.15, 0.2) is 0 Å². The van der Waals surface area contributed by atoms with Gasteiger partial charge in [-0.05, 0) is 37.3 Å². The molecule has 0 radical (unpaired) electrons. The van der Waals surface area contributed by atoms with E-state index in [1.807, 2.05) is 0 Å². The van der Waals surface area contributed by atoms with Crippen LogP contribution in [0.5, 0.6) is 5.75 Å². The fourth-order valence-corrected chi connectivity index (χ4v) is 3.62. The number of benzene rings is 1. The molecule has 9 heteroatoms. The Morgan fingerprint density at radius 1 is 1.26 bits per heavy atom. The van der Waals surface area contributed by atoms with E-state index in [1.165, 1.54) is 7.11 Å². The Balaban J connectivity index is 2.24. The average Bonchev–Trinajstić information content (AvgIpc) is 2.97. The van der Waals surface area contributed by atoms with Crippen molar-refractivity contribution in [2.45, 2.75) is 13.1 Å². The van der Waals surface area contributed by atoms with E-state index in [9.17, 15) is 18.0 Å². The van der Waals surface area contributed by atoms with Crippen LogP contribution in [0.2, 0.25) is 0 Å². The third kappa shape index (κ3) is 3.55. The lowest BCUT2D eigenvalue weighted by Gasteiger charge is -2.11. The molecule has 0 amide bonds. The van der Waals surface area contributed by atoms with Gasteiger partial charge in [-0.2, -0.15) is 13.2 Å². The summed E-state index contributed by atoms with van der Waals surface area (Å²) < 4.78 is 50.9. The number of thiophene rings is 1. The largest absolute Gasteiger partial charge is 0.497 e. The van der Waals surface area contributed by atoms with Crippen molar-refractivity contribution in [1.29, 1.82) is 0 Å². The number of nitrogens with two attached hydrogens (primary N) is 1. The average molecular weight is 396 g/mol. The van der Waals surface area contributed by atoms with Crippen molar-refractivity contribution >= 4 is 33.2 Å². The Morgan fingerprint density at radius 2 is 1.93 bits per heavy atom. The number of hydrogen-bond donors (Lipinski definition) is 1. The van der Waals surface area contributed by atoms with Gasteiger partial charge in [-0.3, -0.25) is 0 Å². The van der Waals surface area contributed by atoms with Crippen molar-refractivity contribution in [2.24, 2.45) is 0 Å². The van der Waals surface area contributed by atoms with Crippen LogP contribution >= 0.6 is 11.3 Å². The number of ether oxygens (including phenoxy) is 2. The number of nitrogen functional groups attached to an aromatic ring is 1. The zero-order chi connectivity index (χ0) is 19.8. The highest BCUT2D eigenvalue weighted by atomic mass is 32.1. The summed E-state index contributed by atoms with van der Waals surface area (Å²) in [6.07, 6.45) is -4.66. The van der Waals surface area contributed by atoms with Gasteiger partial charge in [-0.1, -0.05) is 0 Å². The van der Waals surface area contributed by atoms with Gasteiger partial charge < -0.3 is 15.2 Å². The Bertz CT molecular complexity index is 998. The van der Waals surface area contributed by atoms with Crippen molar-refractivity contribution in [3.8, 4) is 17.0 Å². The summed E-state index contributed by atoms with van der Waals surface area (Å²) in [5, 5.41) is -0.284. The Kier molecular flexibility index (Phi) is 4.97. The number of hydrogen-bond acceptors (Lipinski definition) is 6. The number of aromatic nitrogens is 1. The van der Waals surface area contributed by atoms with E-state index in [4.69, 9.17) is 15.2 Å². The van der Waals surface area contributed by atoms with Gasteiger partial charge >= 0.3 is 12.1 Å². The monoisotopic (exact) mass is 396 g/mol. The van der Waals surface area contributed by atoms with Crippen LogP contribution in [0.3, 0.4) is 0 Å². The van der Waals surface area contributed by atoms with Crippen LogP contribution in [-0.2, 0) is 10.9 Å². The highest BCUT2D eigenvalue weighted by molar-refractivity contribution is 7.21. The highest BCUT2D eigenvalue weighted by Gasteiger charge is 2.36. The van der Waals surface area contributed by atoms with Crippen LogP contribution in [0.15, 0.2) is 30.3 Å². The normalized spacial score (nSPS) is 11.6. The van der Waals surface area contributed by atoms with Gasteiger partial charge in [0.25, 0.3) is 0 Å². The number of fused-ring (bicyclic) bond motifs is 1. The van der Waals surface area contributed by atoms with Gasteiger partial charge in [0, 0.05) is 10.9 Å². The number of alkyl halides is 3. The summed E-state index contributed by atoms with van der Waals surface area (Å²) in [4.78, 5) is 16.2. The molecular formula is C18H15F3N2O3S. The van der Waals surface area contributed by atoms with Crippen LogP contribution in [0, 0.1) is 0 Å². The van der Waals surface area contributed by atoms with Gasteiger partial charge in [-0.15, -0.1) is 11.3 Å². The molecule has 2 heterocycles. The second kappa shape index (κ2) is 7.07. The highest BCUT2D eigenvalue weighted by Crippen LogP contribution is 2.43. The Labute approximate surface area is 156 Å². The minimum Gasteiger partial charge on any atom is -0.497 e. The summed E-state index contributed by atoms with van der Waals surface area (Å²) in [5.74, 6) is -0.196. The number of halogens is 3. The van der Waals surface area contributed by atoms with Gasteiger partial charge in [0.2, 0.25) is 0 Å². The van der Waals surface area contributed by atoms with Gasteiger partial charge in [-0.25, -0.2) is 9.78 Å². The number of nitrogens with zero attached hydrogens (tertiary/aromatic N) is 1. The topological polar surface area (TPSA) is 74.4 Å². The smallest absolute Gasteiger partial charge is 0.417 e. The SMILES string of the molecule is CCOC(=O)c1sc2nc(-c3ccc(OC)cc3)cc(C(F)(F)F)c2c1N. The first kappa shape index (κ1) is 19.0. The summed E-state index contributed by atoms with van der Waals surface area (Å²) in [7, 11) is 1.49. The first-order chi connectivity index (χ1) is 12.8. The second-order valence-electron chi connectivity index (χ2n) is 5.53. The number of anilines is 1. The minimum atomic E-state index is -4.66. The van der Waals surface area contributed by atoms with E-state index < -0.39 is 17.7 Å². The molecule has 0 saturated carbocycles. The van der Waals surface area contributed by atoms with Crippen LogP contribution < -0.4 is 10.5 Å². The molecule has 0 aliphatic rings. The van der Waals surface area contributed by atoms with E-state index in [-0.39, 0.29) is 33.1 Å². The van der Waals surface area contributed by atoms with Crippen LogP contribution in [-0.4, -0.2) is 24.7 Å². The van der Waals surface area contributed by atoms with Crippen LogP contribution in [0.25, 0.3) is 21.5 Å². The number of methoxy groups -OCH3 is 1. The molecule has 0 bridgehead atoms. The third-order valence-electron chi connectivity index (χ3n) is 3.85. The molecule has 5 nitrogen and oxygen atoms in total. The van der Waals surface area contributed by atoms with Crippen molar-refractivity contribution < 1.29 is 27.4 Å². The maximum atomic E-state index is 13.7. The first-order valence-electron chi connectivity index (χ1n) is 7.88. The fourth-order valence-electron chi connectivity index (χ4n) is 2.60. The number of carbonyl (C=O) groups is 1. The van der Waals surface area contributed by atoms with Crippen molar-refractivity contribution in [2.75, 3.05) is 19.5 Å². The number of pyridine rings is 1. The standard InChI is InChI=1S/C18H15F3N2O3S/c1-3-26-17(24)15-14(22)13-11(18(19,20)21)8-12(23-16(13)27-15)9-4-6-10(25-2)7-5-9/h4-8H,3,22H2,1-2H3. The fraction of sp³-hybridized carbons (Fsp3) is 0.222. The van der Waals surface area contributed by atoms with Gasteiger partial charge in [0.05, 0.1) is 30.7 Å². The molecule has 142 valence electrons. The Morgan fingerprint density at radius 3 is 2.48 bits per heavy atom. The van der Waals surface area contributed by atoms with Crippen molar-refractivity contribution in [3.63, 3.8) is 0 Å². The van der Waals surface area contributed by atoms with Crippen molar-refractivity contribution in [1.82, 2.24) is 4.98 Å². The molecule has 3 aromatic rings. The number of rotatable bonds is 4. The molecule has 0 saturated heterocycles. The summed E-state index contributed by atoms with van der Waals surface area (Å²) in [5.41, 5.74) is 5.24. The molecule has 0 unspecified atom stereocenters. The maximum Gasteiger partial charge on any atom is 0.417 e. The zero-order valence-electron chi connectivity index (χ0n) is 14.4. The molecular weight excluding hydrogens is 381 g/mol. The molecule has 27 heavy (non-hydrogen) atoms. The predicted octanol–water partition coefficient (Wildman–Crippen LogP) is 4.75. The summed E-state index contributed by atoms with van der Waals surface area (Å²) in [6.45, 7) is 1.69. The van der Waals surface area contributed by atoms with E-state index >= 15 is 0 Å². The molecule has 0 aliphatic heterocycles. The van der Waals surface area contributed by atoms with E-state index in [0.29, 0.717) is 11.3 Å². The summed E-state index contributed by atoms with van der Waals surface area (Å²) in [6, 6.07) is 7.40. The molecule has 2 N–H and O–H groups in total. The van der Waals surface area contributed by atoms with E-state index in [0.717, 1.165) is 17.4 Å².